The fourth-order valence-electron chi connectivity index (χ4n) is 0.864. The molecule has 0 N–H and O–H groups in total. The Balaban J connectivity index is 2.93. The maximum Gasteiger partial charge on any atom is 0.497 e. The van der Waals surface area contributed by atoms with Crippen molar-refractivity contribution in [1.29, 1.82) is 0 Å². The summed E-state index contributed by atoms with van der Waals surface area (Å²) in [7, 11) is 0. The van der Waals surface area contributed by atoms with Crippen LogP contribution in [-0.4, -0.2) is 27.6 Å². The molecule has 1 heterocycles. The van der Waals surface area contributed by atoms with Crippen molar-refractivity contribution in [3.8, 4) is 0 Å². The highest BCUT2D eigenvalue weighted by molar-refractivity contribution is 6.08. The fourth-order valence-corrected chi connectivity index (χ4v) is 1.01. The molecule has 0 atom stereocenters. The van der Waals surface area contributed by atoms with Gasteiger partial charge in [-0.15, -0.1) is 0 Å². The molecule has 0 aromatic carbocycles. The first-order chi connectivity index (χ1) is 5.77. The van der Waals surface area contributed by atoms with Gasteiger partial charge >= 0.3 is 22.6 Å². The lowest BCUT2D eigenvalue weighted by molar-refractivity contribution is 0.0743. The highest BCUT2D eigenvalue weighted by Gasteiger charge is 2.04. The van der Waals surface area contributed by atoms with Crippen LogP contribution in [0.3, 0.4) is 0 Å². The number of carbonyl (C=O) groups excluding carboxylic acids is 1. The molecule has 4 heteroatoms. The second-order valence-corrected chi connectivity index (χ2v) is 2.59. The van der Waals surface area contributed by atoms with E-state index in [4.69, 9.17) is 0 Å². The Morgan fingerprint density at radius 1 is 1.67 bits per heavy atom. The molecule has 1 radical (unpaired) electrons. The number of nitrogens with zero attached hydrogens (tertiary/aromatic N) is 1. The van der Waals surface area contributed by atoms with Gasteiger partial charge in [-0.3, -0.25) is 0 Å². The molecule has 0 spiro atoms. The number of hydrogen-bond acceptors (Lipinski definition) is 3. The number of pyridine rings is 1. The Kier molecular flexibility index (Phi) is 3.27. The Hall–Kier alpha value is -0.848. The van der Waals surface area contributed by atoms with E-state index in [2.05, 4.69) is 8.77 Å². The lowest BCUT2D eigenvalue weighted by atomic mass is 10.2. The summed E-state index contributed by atoms with van der Waals surface area (Å²) < 4.78 is 4.56. The largest absolute Gasteiger partial charge is 0.620 e. The van der Waals surface area contributed by atoms with Crippen molar-refractivity contribution in [1.82, 2.24) is 4.98 Å². The second-order valence-electron chi connectivity index (χ2n) is 2.30. The Bertz CT molecular complexity index is 288. The minimum absolute atomic E-state index is 0.372. The summed E-state index contributed by atoms with van der Waals surface area (Å²) in [6.07, 6.45) is 0.827. The molecule has 0 aliphatic carbocycles. The maximum absolute atomic E-state index is 11.0. The first kappa shape index (κ1) is 9.24. The zero-order valence-electron chi connectivity index (χ0n) is 6.91. The molecule has 0 amide bonds. The highest BCUT2D eigenvalue weighted by atomic mass is 27.1. The SMILES string of the molecule is CCc1cccc(C(=O)[O][AlH])n1. The molecule has 0 bridgehead atoms. The lowest BCUT2D eigenvalue weighted by Crippen LogP contribution is -2.05. The molecule has 12 heavy (non-hydrogen) atoms. The van der Waals surface area contributed by atoms with Crippen LogP contribution in [0.25, 0.3) is 0 Å². The lowest BCUT2D eigenvalue weighted by Gasteiger charge is -2.01. The van der Waals surface area contributed by atoms with Gasteiger partial charge in [0.25, 0.3) is 0 Å². The molecular weight excluding hydrogens is 169 g/mol. The summed E-state index contributed by atoms with van der Waals surface area (Å²) in [4.78, 5) is 15.1. The van der Waals surface area contributed by atoms with Crippen LogP contribution in [0.4, 0.5) is 0 Å². The fraction of sp³-hybridized carbons (Fsp3) is 0.250. The number of aromatic nitrogens is 1. The summed E-state index contributed by atoms with van der Waals surface area (Å²) in [5.41, 5.74) is 1.28. The minimum Gasteiger partial charge on any atom is -0.620 e. The molecule has 1 rings (SSSR count). The van der Waals surface area contributed by atoms with E-state index in [0.29, 0.717) is 5.69 Å². The molecular formula is C8H9AlNO2. The normalized spacial score (nSPS) is 9.42. The van der Waals surface area contributed by atoms with Crippen LogP contribution in [0.2, 0.25) is 0 Å². The van der Waals surface area contributed by atoms with Crippen molar-refractivity contribution < 1.29 is 8.58 Å². The van der Waals surface area contributed by atoms with Gasteiger partial charge in [-0.1, -0.05) is 13.0 Å². The average Bonchev–Trinajstić information content (AvgIpc) is 2.17. The summed E-state index contributed by atoms with van der Waals surface area (Å²) >= 11 is 1.16. The van der Waals surface area contributed by atoms with Gasteiger partial charge in [0.05, 0.1) is 0 Å². The summed E-state index contributed by atoms with van der Waals surface area (Å²) in [5.74, 6) is -0.372. The molecule has 0 saturated heterocycles. The second kappa shape index (κ2) is 4.25. The minimum atomic E-state index is -0.372. The predicted octanol–water partition coefficient (Wildman–Crippen LogP) is 0.617. The van der Waals surface area contributed by atoms with E-state index in [1.807, 2.05) is 13.0 Å². The third-order valence-corrected chi connectivity index (χ3v) is 1.77. The summed E-state index contributed by atoms with van der Waals surface area (Å²) in [5, 5.41) is 0. The van der Waals surface area contributed by atoms with Crippen LogP contribution >= 0.6 is 0 Å². The first-order valence-corrected chi connectivity index (χ1v) is 4.28. The van der Waals surface area contributed by atoms with Crippen LogP contribution < -0.4 is 0 Å². The Morgan fingerprint density at radius 3 is 3.00 bits per heavy atom. The van der Waals surface area contributed by atoms with Crippen molar-refractivity contribution in [3.05, 3.63) is 29.6 Å². The van der Waals surface area contributed by atoms with Gasteiger partial charge in [-0.25, -0.2) is 9.78 Å². The van der Waals surface area contributed by atoms with Crippen LogP contribution in [-0.2, 0) is 10.2 Å². The quantitative estimate of drug-likeness (QED) is 0.623. The zero-order chi connectivity index (χ0) is 8.97. The van der Waals surface area contributed by atoms with Crippen LogP contribution in [0.15, 0.2) is 18.2 Å². The van der Waals surface area contributed by atoms with Gasteiger partial charge in [0.1, 0.15) is 5.69 Å². The van der Waals surface area contributed by atoms with Gasteiger partial charge < -0.3 is 3.79 Å². The average molecular weight is 178 g/mol. The van der Waals surface area contributed by atoms with E-state index in [1.54, 1.807) is 12.1 Å². The van der Waals surface area contributed by atoms with E-state index in [0.717, 1.165) is 28.7 Å². The van der Waals surface area contributed by atoms with E-state index in [-0.39, 0.29) is 5.97 Å². The van der Waals surface area contributed by atoms with Gasteiger partial charge in [0, 0.05) is 5.69 Å². The molecule has 0 unspecified atom stereocenters. The molecule has 61 valence electrons. The van der Waals surface area contributed by atoms with E-state index < -0.39 is 0 Å². The monoisotopic (exact) mass is 178 g/mol. The Labute approximate surface area is 79.5 Å². The first-order valence-electron chi connectivity index (χ1n) is 3.70. The predicted molar refractivity (Wildman–Crippen MR) is 46.2 cm³/mol. The zero-order valence-corrected chi connectivity index (χ0v) is 8.32. The van der Waals surface area contributed by atoms with Crippen LogP contribution in [0, 0.1) is 0 Å². The van der Waals surface area contributed by atoms with Crippen molar-refractivity contribution >= 4 is 22.6 Å². The highest BCUT2D eigenvalue weighted by Crippen LogP contribution is 2.00. The molecule has 1 aromatic heterocycles. The van der Waals surface area contributed by atoms with Gasteiger partial charge in [-0.2, -0.15) is 0 Å². The topological polar surface area (TPSA) is 39.2 Å². The van der Waals surface area contributed by atoms with Crippen molar-refractivity contribution in [2.45, 2.75) is 13.3 Å². The molecule has 0 aliphatic rings. The number of rotatable bonds is 2. The molecule has 0 fully saturated rings. The van der Waals surface area contributed by atoms with Gasteiger partial charge in [0.2, 0.25) is 0 Å². The maximum atomic E-state index is 11.0. The van der Waals surface area contributed by atoms with E-state index >= 15 is 0 Å². The third-order valence-electron chi connectivity index (χ3n) is 1.51. The van der Waals surface area contributed by atoms with Crippen LogP contribution in [0.5, 0.6) is 0 Å². The van der Waals surface area contributed by atoms with Crippen LogP contribution in [0.1, 0.15) is 23.1 Å². The molecule has 1 aromatic rings. The molecule has 3 nitrogen and oxygen atoms in total. The van der Waals surface area contributed by atoms with Crippen molar-refractivity contribution in [3.63, 3.8) is 0 Å². The standard InChI is InChI=1S/C8H9NO2.Al.H/c1-2-6-4-3-5-7(9-6)8(10)11;;/h3-5H,2H2,1H3,(H,10,11);;/q;+1;/p-1. The van der Waals surface area contributed by atoms with Crippen molar-refractivity contribution in [2.75, 3.05) is 0 Å². The Morgan fingerprint density at radius 2 is 2.42 bits per heavy atom. The number of aryl methyl sites for hydroxylation is 1. The summed E-state index contributed by atoms with van der Waals surface area (Å²) in [6.45, 7) is 1.99. The smallest absolute Gasteiger partial charge is 0.497 e. The van der Waals surface area contributed by atoms with Gasteiger partial charge in [0.15, 0.2) is 0 Å². The third kappa shape index (κ3) is 2.07. The molecule has 0 aliphatic heterocycles. The number of carbonyl (C=O) groups is 1. The van der Waals surface area contributed by atoms with Crippen molar-refractivity contribution in [2.24, 2.45) is 0 Å². The molecule has 0 saturated carbocycles. The summed E-state index contributed by atoms with van der Waals surface area (Å²) in [6, 6.07) is 5.34. The van der Waals surface area contributed by atoms with Gasteiger partial charge in [-0.05, 0) is 18.6 Å². The van der Waals surface area contributed by atoms with E-state index in [1.165, 1.54) is 0 Å². The van der Waals surface area contributed by atoms with E-state index in [9.17, 15) is 4.79 Å². The number of hydrogen-bond donors (Lipinski definition) is 0.